The molecule has 0 bridgehead atoms. The Labute approximate surface area is 198 Å². The number of amides is 2. The number of hydrogen-bond donors (Lipinski definition) is 0. The highest BCUT2D eigenvalue weighted by Crippen LogP contribution is 2.39. The fourth-order valence-corrected chi connectivity index (χ4v) is 6.24. The van der Waals surface area contributed by atoms with Gasteiger partial charge in [-0.1, -0.05) is 62.4 Å². The van der Waals surface area contributed by atoms with Gasteiger partial charge in [-0.3, -0.25) is 9.59 Å². The van der Waals surface area contributed by atoms with Crippen molar-refractivity contribution in [2.75, 3.05) is 26.2 Å². The Morgan fingerprint density at radius 3 is 1.45 bits per heavy atom. The normalized spacial score (nSPS) is 27.3. The van der Waals surface area contributed by atoms with Crippen molar-refractivity contribution in [3.05, 3.63) is 70.8 Å². The van der Waals surface area contributed by atoms with E-state index in [1.807, 2.05) is 9.80 Å². The zero-order chi connectivity index (χ0) is 23.1. The third-order valence-corrected chi connectivity index (χ3v) is 8.39. The monoisotopic (exact) mass is 444 g/mol. The predicted molar refractivity (Wildman–Crippen MR) is 131 cm³/mol. The van der Waals surface area contributed by atoms with Crippen LogP contribution in [-0.2, 0) is 35.3 Å². The third kappa shape index (κ3) is 4.20. The van der Waals surface area contributed by atoms with Crippen molar-refractivity contribution in [2.45, 2.75) is 58.8 Å². The van der Waals surface area contributed by atoms with Gasteiger partial charge in [-0.15, -0.1) is 0 Å². The lowest BCUT2D eigenvalue weighted by molar-refractivity contribution is -0.144. The molecule has 0 N–H and O–H groups in total. The van der Waals surface area contributed by atoms with Crippen molar-refractivity contribution >= 4 is 11.8 Å². The molecule has 0 aromatic heterocycles. The topological polar surface area (TPSA) is 40.6 Å². The summed E-state index contributed by atoms with van der Waals surface area (Å²) in [6, 6.07) is 17.1. The minimum absolute atomic E-state index is 0.268. The molecule has 174 valence electrons. The van der Waals surface area contributed by atoms with Crippen LogP contribution in [0.15, 0.2) is 48.5 Å². The molecule has 4 heteroatoms. The van der Waals surface area contributed by atoms with Crippen molar-refractivity contribution in [1.29, 1.82) is 0 Å². The SMILES string of the molecule is CC1(C(=O)N2CCCN(C(=O)C3(C)CCc4ccccc4C3)CC2)CCc2ccccc2C1. The summed E-state index contributed by atoms with van der Waals surface area (Å²) in [5, 5.41) is 0. The lowest BCUT2D eigenvalue weighted by Gasteiger charge is -2.38. The Bertz CT molecular complexity index is 980. The van der Waals surface area contributed by atoms with Crippen molar-refractivity contribution in [1.82, 2.24) is 9.80 Å². The summed E-state index contributed by atoms with van der Waals surface area (Å²) in [5.41, 5.74) is 4.73. The van der Waals surface area contributed by atoms with Crippen LogP contribution in [0.1, 0.15) is 55.4 Å². The lowest BCUT2D eigenvalue weighted by Crippen LogP contribution is -2.48. The van der Waals surface area contributed by atoms with Crippen molar-refractivity contribution < 1.29 is 9.59 Å². The van der Waals surface area contributed by atoms with E-state index in [1.54, 1.807) is 0 Å². The van der Waals surface area contributed by atoms with Gasteiger partial charge >= 0.3 is 0 Å². The maximum Gasteiger partial charge on any atom is 0.228 e. The Hall–Kier alpha value is -2.62. The van der Waals surface area contributed by atoms with E-state index in [-0.39, 0.29) is 22.6 Å². The molecule has 4 nitrogen and oxygen atoms in total. The standard InChI is InChI=1S/C29H36N2O2/c1-28(14-12-22-8-3-5-10-24(22)20-28)26(32)30-16-7-17-31(19-18-30)27(33)29(2)15-13-23-9-4-6-11-25(23)21-29/h3-6,8-11H,7,12-21H2,1-2H3. The zero-order valence-corrected chi connectivity index (χ0v) is 20.1. The predicted octanol–water partition coefficient (Wildman–Crippen LogP) is 4.44. The van der Waals surface area contributed by atoms with E-state index in [4.69, 9.17) is 0 Å². The van der Waals surface area contributed by atoms with Crippen LogP contribution in [0.5, 0.6) is 0 Å². The van der Waals surface area contributed by atoms with E-state index < -0.39 is 0 Å². The highest BCUT2D eigenvalue weighted by molar-refractivity contribution is 5.84. The average Bonchev–Trinajstić information content (AvgIpc) is 3.09. The molecule has 2 atom stereocenters. The van der Waals surface area contributed by atoms with E-state index in [1.165, 1.54) is 22.3 Å². The van der Waals surface area contributed by atoms with Gasteiger partial charge in [-0.25, -0.2) is 0 Å². The minimum Gasteiger partial charge on any atom is -0.340 e. The van der Waals surface area contributed by atoms with E-state index in [9.17, 15) is 9.59 Å². The molecule has 3 aliphatic rings. The summed E-state index contributed by atoms with van der Waals surface area (Å²) in [6.07, 6.45) is 6.24. The lowest BCUT2D eigenvalue weighted by atomic mass is 9.72. The van der Waals surface area contributed by atoms with E-state index >= 15 is 0 Å². The number of benzene rings is 2. The molecule has 2 aromatic rings. The first-order chi connectivity index (χ1) is 15.9. The van der Waals surface area contributed by atoms with Gasteiger partial charge in [0, 0.05) is 26.2 Å². The van der Waals surface area contributed by atoms with E-state index in [2.05, 4.69) is 62.4 Å². The number of hydrogen-bond acceptors (Lipinski definition) is 2. The van der Waals surface area contributed by atoms with Crippen LogP contribution >= 0.6 is 0 Å². The van der Waals surface area contributed by atoms with Gasteiger partial charge in [0.05, 0.1) is 10.8 Å². The maximum absolute atomic E-state index is 13.6. The summed E-state index contributed by atoms with van der Waals surface area (Å²) < 4.78 is 0. The molecule has 0 radical (unpaired) electrons. The molecular formula is C29H36N2O2. The fourth-order valence-electron chi connectivity index (χ4n) is 6.24. The second-order valence-corrected chi connectivity index (χ2v) is 11.0. The van der Waals surface area contributed by atoms with Gasteiger partial charge in [0.15, 0.2) is 0 Å². The number of carbonyl (C=O) groups is 2. The second-order valence-electron chi connectivity index (χ2n) is 11.0. The van der Waals surface area contributed by atoms with E-state index in [0.29, 0.717) is 13.1 Å². The van der Waals surface area contributed by atoms with Crippen molar-refractivity contribution in [3.8, 4) is 0 Å². The molecule has 2 amide bonds. The Balaban J connectivity index is 1.25. The Kier molecular flexibility index (Phi) is 5.80. The van der Waals surface area contributed by atoms with Crippen LogP contribution in [0.2, 0.25) is 0 Å². The summed E-state index contributed by atoms with van der Waals surface area (Å²) in [5.74, 6) is 0.535. The highest BCUT2D eigenvalue weighted by atomic mass is 16.2. The first-order valence-corrected chi connectivity index (χ1v) is 12.6. The Morgan fingerprint density at radius 2 is 1.03 bits per heavy atom. The molecule has 1 aliphatic heterocycles. The highest BCUT2D eigenvalue weighted by Gasteiger charge is 2.42. The molecule has 2 aliphatic carbocycles. The van der Waals surface area contributed by atoms with Gasteiger partial charge in [0.25, 0.3) is 0 Å². The van der Waals surface area contributed by atoms with Gasteiger partial charge in [-0.2, -0.15) is 0 Å². The molecule has 5 rings (SSSR count). The largest absolute Gasteiger partial charge is 0.340 e. The third-order valence-electron chi connectivity index (χ3n) is 8.39. The average molecular weight is 445 g/mol. The molecule has 1 fully saturated rings. The van der Waals surface area contributed by atoms with E-state index in [0.717, 1.165) is 58.0 Å². The minimum atomic E-state index is -0.341. The van der Waals surface area contributed by atoms with Gasteiger partial charge in [-0.05, 0) is 67.2 Å². The van der Waals surface area contributed by atoms with Crippen LogP contribution in [0.3, 0.4) is 0 Å². The molecular weight excluding hydrogens is 408 g/mol. The van der Waals surface area contributed by atoms with Crippen molar-refractivity contribution in [2.24, 2.45) is 10.8 Å². The van der Waals surface area contributed by atoms with Gasteiger partial charge in [0.1, 0.15) is 0 Å². The van der Waals surface area contributed by atoms with Crippen LogP contribution in [-0.4, -0.2) is 47.8 Å². The fraction of sp³-hybridized carbons (Fsp3) is 0.517. The molecule has 0 spiro atoms. The van der Waals surface area contributed by atoms with Gasteiger partial charge in [0.2, 0.25) is 11.8 Å². The number of aryl methyl sites for hydroxylation is 2. The summed E-state index contributed by atoms with van der Waals surface area (Å²) in [7, 11) is 0. The van der Waals surface area contributed by atoms with Gasteiger partial charge < -0.3 is 9.80 Å². The Morgan fingerprint density at radius 1 is 0.636 bits per heavy atom. The summed E-state index contributed by atoms with van der Waals surface area (Å²) in [6.45, 7) is 7.07. The number of nitrogens with zero attached hydrogens (tertiary/aromatic N) is 2. The number of rotatable bonds is 2. The van der Waals surface area contributed by atoms with Crippen LogP contribution < -0.4 is 0 Å². The maximum atomic E-state index is 13.6. The summed E-state index contributed by atoms with van der Waals surface area (Å²) >= 11 is 0. The van der Waals surface area contributed by atoms with Crippen molar-refractivity contribution in [3.63, 3.8) is 0 Å². The smallest absolute Gasteiger partial charge is 0.228 e. The quantitative estimate of drug-likeness (QED) is 0.687. The zero-order valence-electron chi connectivity index (χ0n) is 20.1. The van der Waals surface area contributed by atoms with Crippen LogP contribution in [0, 0.1) is 10.8 Å². The molecule has 1 heterocycles. The second kappa shape index (κ2) is 8.62. The number of carbonyl (C=O) groups excluding carboxylic acids is 2. The molecule has 2 aromatic carbocycles. The first-order valence-electron chi connectivity index (χ1n) is 12.6. The van der Waals surface area contributed by atoms with Crippen LogP contribution in [0.4, 0.5) is 0 Å². The first kappa shape index (κ1) is 22.2. The van der Waals surface area contributed by atoms with Crippen LogP contribution in [0.25, 0.3) is 0 Å². The molecule has 1 saturated heterocycles. The molecule has 2 unspecified atom stereocenters. The summed E-state index contributed by atoms with van der Waals surface area (Å²) in [4.78, 5) is 31.4. The molecule has 0 saturated carbocycles. The molecule has 33 heavy (non-hydrogen) atoms. The number of fused-ring (bicyclic) bond motifs is 2.